The van der Waals surface area contributed by atoms with E-state index in [2.05, 4.69) is 22.5 Å². The van der Waals surface area contributed by atoms with Crippen molar-refractivity contribution in [2.75, 3.05) is 26.9 Å². The molecule has 1 aliphatic heterocycles. The van der Waals surface area contributed by atoms with E-state index < -0.39 is 0 Å². The Kier molecular flexibility index (Phi) is 6.01. The number of halogens is 2. The number of nitrogens with zero attached hydrogens (tertiary/aromatic N) is 1. The highest BCUT2D eigenvalue weighted by atomic mass is 79.9. The van der Waals surface area contributed by atoms with Gasteiger partial charge in [0.15, 0.2) is 11.5 Å². The van der Waals surface area contributed by atoms with Crippen LogP contribution in [0.25, 0.3) is 0 Å². The topological polar surface area (TPSA) is 48.0 Å². The monoisotopic (exact) mass is 435 g/mol. The maximum Gasteiger partial charge on any atom is 0.254 e. The van der Waals surface area contributed by atoms with Gasteiger partial charge in [-0.15, -0.1) is 6.58 Å². The van der Waals surface area contributed by atoms with Gasteiger partial charge in [0, 0.05) is 28.7 Å². The second-order valence-corrected chi connectivity index (χ2v) is 6.83. The lowest BCUT2D eigenvalue weighted by atomic mass is 10.1. The third-order valence-electron chi connectivity index (χ3n) is 4.08. The molecule has 5 nitrogen and oxygen atoms in total. The highest BCUT2D eigenvalue weighted by molar-refractivity contribution is 9.10. The van der Waals surface area contributed by atoms with Gasteiger partial charge in [-0.25, -0.2) is 4.39 Å². The van der Waals surface area contributed by atoms with Gasteiger partial charge in [-0.2, -0.15) is 0 Å². The van der Waals surface area contributed by atoms with Crippen LogP contribution in [0.5, 0.6) is 17.2 Å². The van der Waals surface area contributed by atoms with Crippen LogP contribution >= 0.6 is 15.9 Å². The first-order chi connectivity index (χ1) is 13.0. The molecule has 1 heterocycles. The summed E-state index contributed by atoms with van der Waals surface area (Å²) in [6.07, 6.45) is 1.60. The first-order valence-electron chi connectivity index (χ1n) is 8.35. The van der Waals surface area contributed by atoms with Crippen LogP contribution < -0.4 is 14.2 Å². The Hall–Kier alpha value is -2.54. The fourth-order valence-corrected chi connectivity index (χ4v) is 3.23. The number of hydrogen-bond acceptors (Lipinski definition) is 4. The van der Waals surface area contributed by atoms with Crippen molar-refractivity contribution in [3.8, 4) is 17.2 Å². The summed E-state index contributed by atoms with van der Waals surface area (Å²) in [4.78, 5) is 14.6. The molecule has 0 spiro atoms. The Morgan fingerprint density at radius 2 is 2.11 bits per heavy atom. The molecule has 0 aromatic heterocycles. The standard InChI is InChI=1S/C20H19BrFNO4/c1-3-6-23(12-14-9-15(21)4-5-16(14)22)20(24)13-10-17(25-2)19-18(11-13)26-7-8-27-19/h3-5,9-11H,1,6-8,12H2,2H3. The van der Waals surface area contributed by atoms with Crippen molar-refractivity contribution in [3.05, 3.63) is 64.4 Å². The third-order valence-corrected chi connectivity index (χ3v) is 4.57. The molecule has 0 fully saturated rings. The number of amides is 1. The van der Waals surface area contributed by atoms with Gasteiger partial charge >= 0.3 is 0 Å². The Balaban J connectivity index is 1.93. The molecule has 1 aliphatic rings. The van der Waals surface area contributed by atoms with Crippen LogP contribution in [0.15, 0.2) is 47.5 Å². The predicted molar refractivity (Wildman–Crippen MR) is 103 cm³/mol. The average molecular weight is 436 g/mol. The Morgan fingerprint density at radius 1 is 1.33 bits per heavy atom. The zero-order valence-corrected chi connectivity index (χ0v) is 16.4. The van der Waals surface area contributed by atoms with Gasteiger partial charge in [0.1, 0.15) is 19.0 Å². The van der Waals surface area contributed by atoms with Crippen molar-refractivity contribution >= 4 is 21.8 Å². The van der Waals surface area contributed by atoms with E-state index in [1.54, 1.807) is 30.3 Å². The molecule has 0 unspecified atom stereocenters. The largest absolute Gasteiger partial charge is 0.493 e. The number of fused-ring (bicyclic) bond motifs is 1. The number of hydrogen-bond donors (Lipinski definition) is 0. The molecule has 0 saturated heterocycles. The molecule has 0 bridgehead atoms. The van der Waals surface area contributed by atoms with Crippen LogP contribution in [0.1, 0.15) is 15.9 Å². The summed E-state index contributed by atoms with van der Waals surface area (Å²) in [5, 5.41) is 0. The first kappa shape index (κ1) is 19.2. The van der Waals surface area contributed by atoms with E-state index in [0.717, 1.165) is 4.47 Å². The van der Waals surface area contributed by atoms with Crippen LogP contribution in [0.4, 0.5) is 4.39 Å². The van der Waals surface area contributed by atoms with Crippen molar-refractivity contribution in [2.24, 2.45) is 0 Å². The lowest BCUT2D eigenvalue weighted by Gasteiger charge is -2.24. The highest BCUT2D eigenvalue weighted by Crippen LogP contribution is 2.40. The van der Waals surface area contributed by atoms with Gasteiger partial charge < -0.3 is 19.1 Å². The zero-order valence-electron chi connectivity index (χ0n) is 14.8. The van der Waals surface area contributed by atoms with Crippen molar-refractivity contribution < 1.29 is 23.4 Å². The van der Waals surface area contributed by atoms with E-state index >= 15 is 0 Å². The van der Waals surface area contributed by atoms with Gasteiger partial charge in [-0.3, -0.25) is 4.79 Å². The average Bonchev–Trinajstić information content (AvgIpc) is 2.68. The van der Waals surface area contributed by atoms with E-state index in [1.807, 2.05) is 0 Å². The molecule has 0 N–H and O–H groups in total. The summed E-state index contributed by atoms with van der Waals surface area (Å²) >= 11 is 3.33. The Labute approximate surface area is 165 Å². The normalized spacial score (nSPS) is 12.4. The van der Waals surface area contributed by atoms with E-state index in [4.69, 9.17) is 14.2 Å². The van der Waals surface area contributed by atoms with Gasteiger partial charge in [-0.1, -0.05) is 22.0 Å². The lowest BCUT2D eigenvalue weighted by Crippen LogP contribution is -2.31. The van der Waals surface area contributed by atoms with Crippen LogP contribution in [0.3, 0.4) is 0 Å². The third kappa shape index (κ3) is 4.24. The van der Waals surface area contributed by atoms with Crippen LogP contribution in [0, 0.1) is 5.82 Å². The molecule has 142 valence electrons. The van der Waals surface area contributed by atoms with E-state index in [9.17, 15) is 9.18 Å². The van der Waals surface area contributed by atoms with Crippen molar-refractivity contribution in [1.29, 1.82) is 0 Å². The van der Waals surface area contributed by atoms with E-state index in [-0.39, 0.29) is 24.8 Å². The van der Waals surface area contributed by atoms with Crippen LogP contribution in [-0.2, 0) is 6.54 Å². The highest BCUT2D eigenvalue weighted by Gasteiger charge is 2.24. The minimum absolute atomic E-state index is 0.104. The van der Waals surface area contributed by atoms with E-state index in [0.29, 0.717) is 41.6 Å². The molecular weight excluding hydrogens is 417 g/mol. The van der Waals surface area contributed by atoms with Crippen LogP contribution in [-0.4, -0.2) is 37.7 Å². The number of benzene rings is 2. The summed E-state index contributed by atoms with van der Waals surface area (Å²) in [5.41, 5.74) is 0.775. The fourth-order valence-electron chi connectivity index (χ4n) is 2.82. The van der Waals surface area contributed by atoms with E-state index in [1.165, 1.54) is 18.1 Å². The quantitative estimate of drug-likeness (QED) is 0.638. The second-order valence-electron chi connectivity index (χ2n) is 5.91. The van der Waals surface area contributed by atoms with Crippen molar-refractivity contribution in [3.63, 3.8) is 0 Å². The summed E-state index contributed by atoms with van der Waals surface area (Å²) in [6.45, 7) is 4.88. The summed E-state index contributed by atoms with van der Waals surface area (Å²) in [7, 11) is 1.50. The molecule has 27 heavy (non-hydrogen) atoms. The number of carbonyl (C=O) groups excluding carboxylic acids is 1. The maximum absolute atomic E-state index is 14.1. The maximum atomic E-state index is 14.1. The van der Waals surface area contributed by atoms with Gasteiger partial charge in [0.25, 0.3) is 5.91 Å². The Bertz CT molecular complexity index is 854. The van der Waals surface area contributed by atoms with Gasteiger partial charge in [0.2, 0.25) is 5.75 Å². The first-order valence-corrected chi connectivity index (χ1v) is 9.14. The second kappa shape index (κ2) is 8.43. The molecule has 0 atom stereocenters. The Morgan fingerprint density at radius 3 is 2.85 bits per heavy atom. The molecular formula is C20H19BrFNO4. The fraction of sp³-hybridized carbons (Fsp3) is 0.250. The summed E-state index contributed by atoms with van der Waals surface area (Å²) in [6, 6.07) is 7.85. The summed E-state index contributed by atoms with van der Waals surface area (Å²) < 4.78 is 31.4. The molecule has 2 aromatic rings. The molecule has 0 saturated carbocycles. The predicted octanol–water partition coefficient (Wildman–Crippen LogP) is 4.20. The number of methoxy groups -OCH3 is 1. The molecule has 2 aromatic carbocycles. The van der Waals surface area contributed by atoms with Crippen molar-refractivity contribution in [2.45, 2.75) is 6.54 Å². The smallest absolute Gasteiger partial charge is 0.254 e. The van der Waals surface area contributed by atoms with Crippen molar-refractivity contribution in [1.82, 2.24) is 4.90 Å². The minimum Gasteiger partial charge on any atom is -0.493 e. The molecule has 3 rings (SSSR count). The lowest BCUT2D eigenvalue weighted by molar-refractivity contribution is 0.0759. The minimum atomic E-state index is -0.375. The molecule has 1 amide bonds. The van der Waals surface area contributed by atoms with Gasteiger partial charge in [0.05, 0.1) is 7.11 Å². The SMILES string of the molecule is C=CCN(Cc1cc(Br)ccc1F)C(=O)c1cc(OC)c2c(c1)OCCO2. The molecule has 0 aliphatic carbocycles. The number of rotatable bonds is 6. The van der Waals surface area contributed by atoms with Crippen LogP contribution in [0.2, 0.25) is 0 Å². The molecule has 7 heteroatoms. The zero-order chi connectivity index (χ0) is 19.4. The summed E-state index contributed by atoms with van der Waals surface area (Å²) in [5.74, 6) is 0.692. The number of ether oxygens (including phenoxy) is 3. The van der Waals surface area contributed by atoms with Gasteiger partial charge in [-0.05, 0) is 30.3 Å². The number of carbonyl (C=O) groups is 1. The molecule has 0 radical (unpaired) electrons.